The lowest BCUT2D eigenvalue weighted by Crippen LogP contribution is -2.39. The van der Waals surface area contributed by atoms with Crippen molar-refractivity contribution >= 4 is 11.8 Å². The van der Waals surface area contributed by atoms with Crippen LogP contribution in [0.2, 0.25) is 0 Å². The molecule has 2 fully saturated rings. The van der Waals surface area contributed by atoms with E-state index in [2.05, 4.69) is 10.2 Å². The molecule has 126 valence electrons. The molecule has 2 aromatic heterocycles. The van der Waals surface area contributed by atoms with Crippen LogP contribution in [0.1, 0.15) is 12.6 Å². The number of imide groups is 1. The van der Waals surface area contributed by atoms with Crippen molar-refractivity contribution in [3.8, 4) is 11.5 Å². The first-order valence-electron chi connectivity index (χ1n) is 8.26. The molecule has 7 nitrogen and oxygen atoms in total. The summed E-state index contributed by atoms with van der Waals surface area (Å²) in [6.45, 7) is 2.17. The summed E-state index contributed by atoms with van der Waals surface area (Å²) >= 11 is 0. The highest BCUT2D eigenvalue weighted by molar-refractivity contribution is 6.07. The molecule has 3 aliphatic heterocycles. The predicted molar refractivity (Wildman–Crippen MR) is 84.8 cm³/mol. The molecule has 2 amide bonds. The van der Waals surface area contributed by atoms with E-state index in [0.717, 1.165) is 0 Å². The molecule has 4 atom stereocenters. The van der Waals surface area contributed by atoms with Crippen molar-refractivity contribution < 1.29 is 18.7 Å². The fourth-order valence-electron chi connectivity index (χ4n) is 4.16. The van der Waals surface area contributed by atoms with Gasteiger partial charge in [0.25, 0.3) is 0 Å². The van der Waals surface area contributed by atoms with E-state index in [0.29, 0.717) is 23.7 Å². The molecule has 0 spiro atoms. The normalized spacial score (nSPS) is 32.7. The van der Waals surface area contributed by atoms with Gasteiger partial charge in [0.05, 0.1) is 29.9 Å². The molecule has 5 rings (SSSR count). The molecule has 0 aromatic carbocycles. The van der Waals surface area contributed by atoms with Gasteiger partial charge in [-0.1, -0.05) is 6.08 Å². The Hall–Kier alpha value is -2.80. The number of carbonyl (C=O) groups is 2. The van der Waals surface area contributed by atoms with Gasteiger partial charge in [0.2, 0.25) is 11.8 Å². The topological polar surface area (TPSA) is 85.5 Å². The van der Waals surface area contributed by atoms with E-state index in [1.807, 2.05) is 12.2 Å². The van der Waals surface area contributed by atoms with Crippen molar-refractivity contribution in [2.24, 2.45) is 11.8 Å². The number of likely N-dealkylation sites (tertiary alicyclic amines) is 1. The standard InChI is InChI=1S/C18H15N3O4/c1-2-21-16(22)14-12-7-8-18(25-12,15(14)17(21)23)13-6-5-10(19-20-13)11-4-3-9-24-11/h3-9,12,14-15H,2H2,1H3. The number of hydrogen-bond donors (Lipinski definition) is 0. The van der Waals surface area contributed by atoms with Gasteiger partial charge >= 0.3 is 0 Å². The van der Waals surface area contributed by atoms with Crippen molar-refractivity contribution in [3.63, 3.8) is 0 Å². The summed E-state index contributed by atoms with van der Waals surface area (Å²) in [5, 5.41) is 8.50. The van der Waals surface area contributed by atoms with E-state index < -0.39 is 17.4 Å². The van der Waals surface area contributed by atoms with Crippen LogP contribution in [-0.4, -0.2) is 39.6 Å². The predicted octanol–water partition coefficient (Wildman–Crippen LogP) is 1.52. The van der Waals surface area contributed by atoms with E-state index in [9.17, 15) is 9.59 Å². The van der Waals surface area contributed by atoms with E-state index in [1.165, 1.54) is 4.90 Å². The molecule has 7 heteroatoms. The van der Waals surface area contributed by atoms with Gasteiger partial charge in [0.1, 0.15) is 11.3 Å². The van der Waals surface area contributed by atoms with Gasteiger partial charge < -0.3 is 9.15 Å². The molecule has 0 N–H and O–H groups in total. The van der Waals surface area contributed by atoms with E-state index >= 15 is 0 Å². The van der Waals surface area contributed by atoms with Crippen molar-refractivity contribution in [2.45, 2.75) is 18.6 Å². The molecule has 0 saturated carbocycles. The molecule has 0 radical (unpaired) electrons. The third kappa shape index (κ3) is 1.73. The zero-order valence-corrected chi connectivity index (χ0v) is 13.5. The maximum Gasteiger partial charge on any atom is 0.236 e. The number of carbonyl (C=O) groups excluding carboxylic acids is 2. The molecule has 0 aliphatic carbocycles. The van der Waals surface area contributed by atoms with Gasteiger partial charge in [-0.2, -0.15) is 5.10 Å². The van der Waals surface area contributed by atoms with Crippen LogP contribution < -0.4 is 0 Å². The molecular formula is C18H15N3O4. The summed E-state index contributed by atoms with van der Waals surface area (Å²) < 4.78 is 11.4. The molecule has 5 heterocycles. The summed E-state index contributed by atoms with van der Waals surface area (Å²) in [4.78, 5) is 26.6. The highest BCUT2D eigenvalue weighted by Gasteiger charge is 2.68. The highest BCUT2D eigenvalue weighted by Crippen LogP contribution is 2.56. The maximum atomic E-state index is 12.8. The minimum atomic E-state index is -1.01. The summed E-state index contributed by atoms with van der Waals surface area (Å²) in [6, 6.07) is 7.15. The minimum absolute atomic E-state index is 0.158. The number of rotatable bonds is 3. The smallest absolute Gasteiger partial charge is 0.236 e. The van der Waals surface area contributed by atoms with E-state index in [-0.39, 0.29) is 17.9 Å². The first-order valence-corrected chi connectivity index (χ1v) is 8.26. The SMILES string of the molecule is CCN1C(=O)C2C3C=CC(c4ccc(-c5ccco5)nn4)(O3)C2C1=O. The Morgan fingerprint density at radius 1 is 1.20 bits per heavy atom. The lowest BCUT2D eigenvalue weighted by Gasteiger charge is -2.27. The maximum absolute atomic E-state index is 12.8. The highest BCUT2D eigenvalue weighted by atomic mass is 16.5. The third-order valence-electron chi connectivity index (χ3n) is 5.28. The number of hydrogen-bond acceptors (Lipinski definition) is 6. The van der Waals surface area contributed by atoms with E-state index in [1.54, 1.807) is 37.5 Å². The van der Waals surface area contributed by atoms with E-state index in [4.69, 9.17) is 9.15 Å². The summed E-state index contributed by atoms with van der Waals surface area (Å²) in [7, 11) is 0. The number of furan rings is 1. The van der Waals surface area contributed by atoms with Crippen LogP contribution in [0.3, 0.4) is 0 Å². The van der Waals surface area contributed by atoms with Crippen molar-refractivity contribution in [3.05, 3.63) is 48.4 Å². The summed E-state index contributed by atoms with van der Waals surface area (Å²) in [5.41, 5.74) is 0.121. The third-order valence-corrected chi connectivity index (χ3v) is 5.28. The Morgan fingerprint density at radius 3 is 2.76 bits per heavy atom. The molecule has 2 saturated heterocycles. The Balaban J connectivity index is 1.56. The Morgan fingerprint density at radius 2 is 2.08 bits per heavy atom. The average molecular weight is 337 g/mol. The van der Waals surface area contributed by atoms with Gasteiger partial charge in [-0.15, -0.1) is 5.10 Å². The number of fused-ring (bicyclic) bond motifs is 5. The number of ether oxygens (including phenoxy) is 1. The Labute approximate surface area is 143 Å². The summed E-state index contributed by atoms with van der Waals surface area (Å²) in [5.74, 6) is -0.774. The van der Waals surface area contributed by atoms with Crippen molar-refractivity contribution in [2.75, 3.05) is 6.54 Å². The second-order valence-corrected chi connectivity index (χ2v) is 6.44. The van der Waals surface area contributed by atoms with Crippen LogP contribution in [0.4, 0.5) is 0 Å². The van der Waals surface area contributed by atoms with Gasteiger partial charge in [-0.25, -0.2) is 0 Å². The van der Waals surface area contributed by atoms with Gasteiger partial charge in [0, 0.05) is 6.54 Å². The molecule has 4 unspecified atom stereocenters. The number of amides is 2. The second-order valence-electron chi connectivity index (χ2n) is 6.44. The van der Waals surface area contributed by atoms with Crippen LogP contribution in [-0.2, 0) is 19.9 Å². The first kappa shape index (κ1) is 14.5. The van der Waals surface area contributed by atoms with Crippen LogP contribution in [0.5, 0.6) is 0 Å². The fourth-order valence-corrected chi connectivity index (χ4v) is 4.16. The first-order chi connectivity index (χ1) is 12.2. The van der Waals surface area contributed by atoms with Crippen molar-refractivity contribution in [1.82, 2.24) is 15.1 Å². The monoisotopic (exact) mass is 337 g/mol. The number of nitrogens with zero attached hydrogens (tertiary/aromatic N) is 3. The van der Waals surface area contributed by atoms with Gasteiger partial charge in [-0.3, -0.25) is 14.5 Å². The quantitative estimate of drug-likeness (QED) is 0.623. The molecule has 2 aromatic rings. The molecule has 2 bridgehead atoms. The molecular weight excluding hydrogens is 322 g/mol. The van der Waals surface area contributed by atoms with Crippen LogP contribution in [0.25, 0.3) is 11.5 Å². The van der Waals surface area contributed by atoms with Crippen molar-refractivity contribution in [1.29, 1.82) is 0 Å². The fraction of sp³-hybridized carbons (Fsp3) is 0.333. The zero-order chi connectivity index (χ0) is 17.2. The van der Waals surface area contributed by atoms with Gasteiger partial charge in [0.15, 0.2) is 5.76 Å². The Kier molecular flexibility index (Phi) is 2.82. The average Bonchev–Trinajstić information content (AvgIpc) is 3.39. The second kappa shape index (κ2) is 4.86. The van der Waals surface area contributed by atoms with Gasteiger partial charge in [-0.05, 0) is 37.3 Å². The largest absolute Gasteiger partial charge is 0.463 e. The lowest BCUT2D eigenvalue weighted by atomic mass is 9.75. The summed E-state index contributed by atoms with van der Waals surface area (Å²) in [6.07, 6.45) is 4.89. The minimum Gasteiger partial charge on any atom is -0.463 e. The molecule has 3 aliphatic rings. The zero-order valence-electron chi connectivity index (χ0n) is 13.5. The van der Waals surface area contributed by atoms with Crippen LogP contribution >= 0.6 is 0 Å². The van der Waals surface area contributed by atoms with Crippen LogP contribution in [0.15, 0.2) is 47.1 Å². The van der Waals surface area contributed by atoms with Crippen LogP contribution in [0, 0.1) is 11.8 Å². The lowest BCUT2D eigenvalue weighted by molar-refractivity contribution is -0.144. The number of aromatic nitrogens is 2. The Bertz CT molecular complexity index is 890. The molecule has 25 heavy (non-hydrogen) atoms.